The van der Waals surface area contributed by atoms with Gasteiger partial charge in [0.05, 0.1) is 29.3 Å². The van der Waals surface area contributed by atoms with E-state index in [1.807, 2.05) is 11.8 Å². The van der Waals surface area contributed by atoms with E-state index in [-0.39, 0.29) is 25.3 Å². The van der Waals surface area contributed by atoms with Crippen LogP contribution in [0.4, 0.5) is 13.2 Å². The molecule has 33 heavy (non-hydrogen) atoms. The van der Waals surface area contributed by atoms with Crippen molar-refractivity contribution in [1.29, 1.82) is 0 Å². The second-order valence-corrected chi connectivity index (χ2v) is 8.57. The molecule has 0 radical (unpaired) electrons. The van der Waals surface area contributed by atoms with E-state index in [9.17, 15) is 22.8 Å². The van der Waals surface area contributed by atoms with Crippen molar-refractivity contribution in [2.75, 3.05) is 33.4 Å². The number of alkyl halides is 3. The highest BCUT2D eigenvalue weighted by atomic mass is 19.4. The molecule has 9 heteroatoms. The molecule has 2 atom stereocenters. The first kappa shape index (κ1) is 26.7. The van der Waals surface area contributed by atoms with Crippen molar-refractivity contribution in [1.82, 2.24) is 4.90 Å². The normalized spacial score (nSPS) is 21.4. The number of hydrogen-bond acceptors (Lipinski definition) is 6. The third-order valence-corrected chi connectivity index (χ3v) is 5.81. The highest BCUT2D eigenvalue weighted by Gasteiger charge is 2.52. The third kappa shape index (κ3) is 5.88. The zero-order chi connectivity index (χ0) is 25.0. The van der Waals surface area contributed by atoms with Gasteiger partial charge in [-0.15, -0.1) is 0 Å². The lowest BCUT2D eigenvalue weighted by Gasteiger charge is -2.46. The summed E-state index contributed by atoms with van der Waals surface area (Å²) in [6.45, 7) is 9.70. The molecule has 0 aromatic heterocycles. The quantitative estimate of drug-likeness (QED) is 0.410. The largest absolute Gasteiger partial charge is 0.463 e. The summed E-state index contributed by atoms with van der Waals surface area (Å²) in [6, 6.07) is 4.54. The van der Waals surface area contributed by atoms with Crippen LogP contribution in [0.1, 0.15) is 51.7 Å². The van der Waals surface area contributed by atoms with Crippen LogP contribution in [0.25, 0.3) is 0 Å². The van der Waals surface area contributed by atoms with Gasteiger partial charge < -0.3 is 19.1 Å². The van der Waals surface area contributed by atoms with Crippen molar-refractivity contribution in [3.8, 4) is 0 Å². The van der Waals surface area contributed by atoms with Crippen LogP contribution in [-0.4, -0.2) is 56.4 Å². The maximum atomic E-state index is 13.3. The molecule has 0 bridgehead atoms. The van der Waals surface area contributed by atoms with Crippen molar-refractivity contribution in [3.63, 3.8) is 0 Å². The third-order valence-electron chi connectivity index (χ3n) is 5.81. The zero-order valence-corrected chi connectivity index (χ0v) is 19.9. The summed E-state index contributed by atoms with van der Waals surface area (Å²) in [4.78, 5) is 28.4. The van der Waals surface area contributed by atoms with Crippen molar-refractivity contribution in [2.45, 2.75) is 52.8 Å². The molecular formula is C24H32F3NO5. The van der Waals surface area contributed by atoms with Gasteiger partial charge in [0.25, 0.3) is 0 Å². The monoisotopic (exact) mass is 471 g/mol. The molecule has 1 aliphatic rings. The molecule has 0 fully saturated rings. The molecule has 0 saturated carbocycles. The highest BCUT2D eigenvalue weighted by Crippen LogP contribution is 2.49. The van der Waals surface area contributed by atoms with E-state index in [0.717, 1.165) is 12.1 Å². The summed E-state index contributed by atoms with van der Waals surface area (Å²) >= 11 is 0. The van der Waals surface area contributed by atoms with Gasteiger partial charge in [0.2, 0.25) is 0 Å². The van der Waals surface area contributed by atoms with E-state index in [2.05, 4.69) is 0 Å². The number of esters is 2. The van der Waals surface area contributed by atoms with E-state index < -0.39 is 41.1 Å². The van der Waals surface area contributed by atoms with E-state index in [1.165, 1.54) is 19.2 Å². The van der Waals surface area contributed by atoms with Gasteiger partial charge in [-0.2, -0.15) is 13.2 Å². The smallest absolute Gasteiger partial charge is 0.416 e. The Morgan fingerprint density at radius 2 is 1.79 bits per heavy atom. The lowest BCUT2D eigenvalue weighted by Crippen LogP contribution is -2.51. The first-order valence-corrected chi connectivity index (χ1v) is 10.9. The molecule has 2 rings (SSSR count). The Balaban J connectivity index is 2.67. The topological polar surface area (TPSA) is 65.1 Å². The van der Waals surface area contributed by atoms with Crippen molar-refractivity contribution < 1.29 is 37.0 Å². The minimum absolute atomic E-state index is 0.0191. The summed E-state index contributed by atoms with van der Waals surface area (Å²) in [7, 11) is 1.48. The van der Waals surface area contributed by atoms with Crippen molar-refractivity contribution in [2.24, 2.45) is 5.41 Å². The maximum absolute atomic E-state index is 13.3. The van der Waals surface area contributed by atoms with Crippen LogP contribution in [-0.2, 0) is 30.0 Å². The molecular weight excluding hydrogens is 439 g/mol. The second-order valence-electron chi connectivity index (χ2n) is 8.57. The van der Waals surface area contributed by atoms with Crippen LogP contribution >= 0.6 is 0 Å². The lowest BCUT2D eigenvalue weighted by molar-refractivity contribution is -0.159. The van der Waals surface area contributed by atoms with Crippen molar-refractivity contribution in [3.05, 3.63) is 46.7 Å². The Kier molecular flexibility index (Phi) is 8.57. The molecule has 0 spiro atoms. The number of benzene rings is 1. The van der Waals surface area contributed by atoms with E-state index in [4.69, 9.17) is 14.2 Å². The molecule has 1 heterocycles. The zero-order valence-electron chi connectivity index (χ0n) is 19.9. The number of nitrogens with zero attached hydrogens (tertiary/aromatic N) is 1. The molecule has 0 aliphatic carbocycles. The fourth-order valence-electron chi connectivity index (χ4n) is 4.16. The highest BCUT2D eigenvalue weighted by molar-refractivity contribution is 5.94. The summed E-state index contributed by atoms with van der Waals surface area (Å²) in [5.74, 6) is -2.03. The van der Waals surface area contributed by atoms with Gasteiger partial charge in [-0.05, 0) is 52.3 Å². The van der Waals surface area contributed by atoms with Crippen molar-refractivity contribution >= 4 is 11.9 Å². The average molecular weight is 472 g/mol. The van der Waals surface area contributed by atoms with Gasteiger partial charge in [-0.1, -0.05) is 12.1 Å². The van der Waals surface area contributed by atoms with Gasteiger partial charge in [-0.3, -0.25) is 4.79 Å². The van der Waals surface area contributed by atoms with Gasteiger partial charge in [-0.25, -0.2) is 4.79 Å². The molecule has 6 nitrogen and oxygen atoms in total. The number of carbonyl (C=O) groups is 2. The van der Waals surface area contributed by atoms with Crippen LogP contribution in [0.5, 0.6) is 0 Å². The predicted molar refractivity (Wildman–Crippen MR) is 116 cm³/mol. The molecule has 184 valence electrons. The summed E-state index contributed by atoms with van der Waals surface area (Å²) in [5.41, 5.74) is -0.805. The summed E-state index contributed by atoms with van der Waals surface area (Å²) < 4.78 is 55.3. The van der Waals surface area contributed by atoms with Crippen LogP contribution in [0.3, 0.4) is 0 Å². The number of halogens is 3. The Hall–Kier alpha value is -2.55. The minimum atomic E-state index is -4.50. The minimum Gasteiger partial charge on any atom is -0.463 e. The van der Waals surface area contributed by atoms with Gasteiger partial charge >= 0.3 is 18.1 Å². The maximum Gasteiger partial charge on any atom is 0.416 e. The van der Waals surface area contributed by atoms with Gasteiger partial charge in [0.15, 0.2) is 0 Å². The predicted octanol–water partition coefficient (Wildman–Crippen LogP) is 4.55. The standard InChI is InChI=1S/C24H32F3NO5/c1-7-28-14-23(5,22(30)32-13-12-31-6)20(19(16(28)4)21(29)33-15(2)3)17-8-10-18(11-9-17)24(25,26)27/h8-11,15,20H,7,12-14H2,1-6H3. The van der Waals surface area contributed by atoms with E-state index in [1.54, 1.807) is 27.7 Å². The van der Waals surface area contributed by atoms with Crippen LogP contribution < -0.4 is 0 Å². The summed E-state index contributed by atoms with van der Waals surface area (Å²) in [5, 5.41) is 0. The van der Waals surface area contributed by atoms with Crippen LogP contribution in [0.15, 0.2) is 35.5 Å². The SMILES string of the molecule is CCN1CC(C)(C(=O)OCCOC)C(c2ccc(C(F)(F)F)cc2)C(C(=O)OC(C)C)=C1C. The fourth-order valence-corrected chi connectivity index (χ4v) is 4.16. The Labute approximate surface area is 192 Å². The fraction of sp³-hybridized carbons (Fsp3) is 0.583. The lowest BCUT2D eigenvalue weighted by atomic mass is 9.66. The first-order valence-electron chi connectivity index (χ1n) is 10.9. The van der Waals surface area contributed by atoms with Crippen LogP contribution in [0.2, 0.25) is 0 Å². The molecule has 2 unspecified atom stereocenters. The Morgan fingerprint density at radius 1 is 1.18 bits per heavy atom. The Bertz CT molecular complexity index is 879. The molecule has 0 N–H and O–H groups in total. The average Bonchev–Trinajstić information content (AvgIpc) is 2.73. The molecule has 1 aliphatic heterocycles. The van der Waals surface area contributed by atoms with Crippen LogP contribution in [0, 0.1) is 5.41 Å². The summed E-state index contributed by atoms with van der Waals surface area (Å²) in [6.07, 6.45) is -4.92. The first-order chi connectivity index (χ1) is 15.4. The van der Waals surface area contributed by atoms with Gasteiger partial charge in [0.1, 0.15) is 6.61 Å². The Morgan fingerprint density at radius 3 is 2.27 bits per heavy atom. The number of carbonyl (C=O) groups excluding carboxylic acids is 2. The number of allylic oxidation sites excluding steroid dienone is 1. The van der Waals surface area contributed by atoms with Gasteiger partial charge in [0, 0.05) is 31.8 Å². The number of rotatable bonds is 8. The molecule has 1 aromatic carbocycles. The number of methoxy groups -OCH3 is 1. The van der Waals surface area contributed by atoms with E-state index in [0.29, 0.717) is 17.8 Å². The molecule has 1 aromatic rings. The molecule has 0 saturated heterocycles. The van der Waals surface area contributed by atoms with E-state index >= 15 is 0 Å². The number of ether oxygens (including phenoxy) is 3. The second kappa shape index (κ2) is 10.6. The molecule has 0 amide bonds. The number of hydrogen-bond donors (Lipinski definition) is 0.